The van der Waals surface area contributed by atoms with E-state index in [1.165, 1.54) is 24.3 Å². The molecule has 0 aromatic heterocycles. The van der Waals surface area contributed by atoms with Crippen LogP contribution in [0.5, 0.6) is 11.5 Å². The predicted octanol–water partition coefficient (Wildman–Crippen LogP) is 2.20. The molecule has 0 fully saturated rings. The van der Waals surface area contributed by atoms with Crippen molar-refractivity contribution in [3.05, 3.63) is 59.4 Å². The molecule has 2 aromatic rings. The summed E-state index contributed by atoms with van der Waals surface area (Å²) in [6.07, 6.45) is 0. The minimum Gasteiger partial charge on any atom is -0.486 e. The lowest BCUT2D eigenvalue weighted by molar-refractivity contribution is -0.120. The molecule has 0 aliphatic carbocycles. The van der Waals surface area contributed by atoms with Gasteiger partial charge in [0.15, 0.2) is 11.5 Å². The SMILES string of the molecule is CC(NC(=O)CNC(=O)c1ccc(F)cc1)c1ccc2c(c1)OCCO2. The standard InChI is InChI=1S/C19H19FN2O4/c1-12(14-4-7-16-17(10-14)26-9-8-25-16)22-18(23)11-21-19(24)13-2-5-15(20)6-3-13/h2-7,10,12H,8-9,11H2,1H3,(H,21,24)(H,22,23). The minimum absolute atomic E-state index is 0.175. The van der Waals surface area contributed by atoms with Crippen LogP contribution in [0.1, 0.15) is 28.9 Å². The van der Waals surface area contributed by atoms with Gasteiger partial charge in [0.2, 0.25) is 5.91 Å². The molecule has 7 heteroatoms. The maximum absolute atomic E-state index is 12.9. The van der Waals surface area contributed by atoms with E-state index in [-0.39, 0.29) is 18.5 Å². The summed E-state index contributed by atoms with van der Waals surface area (Å²) in [6, 6.07) is 10.3. The van der Waals surface area contributed by atoms with Crippen LogP contribution in [0.25, 0.3) is 0 Å². The largest absolute Gasteiger partial charge is 0.486 e. The highest BCUT2D eigenvalue weighted by molar-refractivity contribution is 5.96. The van der Waals surface area contributed by atoms with Gasteiger partial charge in [0.05, 0.1) is 12.6 Å². The summed E-state index contributed by atoms with van der Waals surface area (Å²) in [6.45, 7) is 2.68. The van der Waals surface area contributed by atoms with Crippen molar-refractivity contribution in [2.45, 2.75) is 13.0 Å². The lowest BCUT2D eigenvalue weighted by atomic mass is 10.1. The lowest BCUT2D eigenvalue weighted by Crippen LogP contribution is -2.38. The van der Waals surface area contributed by atoms with Crippen LogP contribution in [0.3, 0.4) is 0 Å². The number of rotatable bonds is 5. The van der Waals surface area contributed by atoms with Gasteiger partial charge in [0, 0.05) is 5.56 Å². The van der Waals surface area contributed by atoms with Crippen molar-refractivity contribution in [1.82, 2.24) is 10.6 Å². The number of benzene rings is 2. The molecule has 3 rings (SSSR count). The van der Waals surface area contributed by atoms with Crippen LogP contribution in [0, 0.1) is 5.82 Å². The number of carbonyl (C=O) groups is 2. The van der Waals surface area contributed by atoms with E-state index in [9.17, 15) is 14.0 Å². The summed E-state index contributed by atoms with van der Waals surface area (Å²) in [5, 5.41) is 5.32. The summed E-state index contributed by atoms with van der Waals surface area (Å²) in [4.78, 5) is 24.0. The highest BCUT2D eigenvalue weighted by Gasteiger charge is 2.16. The average Bonchev–Trinajstić information content (AvgIpc) is 2.66. The van der Waals surface area contributed by atoms with E-state index >= 15 is 0 Å². The molecule has 6 nitrogen and oxygen atoms in total. The van der Waals surface area contributed by atoms with Gasteiger partial charge >= 0.3 is 0 Å². The number of hydrogen-bond donors (Lipinski definition) is 2. The van der Waals surface area contributed by atoms with Gasteiger partial charge in [-0.1, -0.05) is 6.07 Å². The molecule has 1 unspecified atom stereocenters. The normalized spacial score (nSPS) is 13.6. The van der Waals surface area contributed by atoms with Crippen molar-refractivity contribution in [2.24, 2.45) is 0 Å². The monoisotopic (exact) mass is 358 g/mol. The van der Waals surface area contributed by atoms with Crippen molar-refractivity contribution in [2.75, 3.05) is 19.8 Å². The molecular weight excluding hydrogens is 339 g/mol. The first-order chi connectivity index (χ1) is 12.5. The third-order valence-corrected chi connectivity index (χ3v) is 3.96. The maximum Gasteiger partial charge on any atom is 0.251 e. The molecule has 26 heavy (non-hydrogen) atoms. The molecule has 1 aliphatic heterocycles. The second kappa shape index (κ2) is 7.86. The molecule has 0 radical (unpaired) electrons. The third-order valence-electron chi connectivity index (χ3n) is 3.96. The molecule has 2 aromatic carbocycles. The fourth-order valence-electron chi connectivity index (χ4n) is 2.57. The Morgan fingerprint density at radius 2 is 1.77 bits per heavy atom. The highest BCUT2D eigenvalue weighted by Crippen LogP contribution is 2.32. The summed E-state index contributed by atoms with van der Waals surface area (Å²) in [7, 11) is 0. The quantitative estimate of drug-likeness (QED) is 0.859. The molecule has 1 aliphatic rings. The minimum atomic E-state index is -0.438. The van der Waals surface area contributed by atoms with Crippen LogP contribution in [-0.2, 0) is 4.79 Å². The number of ether oxygens (including phenoxy) is 2. The number of carbonyl (C=O) groups excluding carboxylic acids is 2. The average molecular weight is 358 g/mol. The number of amides is 2. The predicted molar refractivity (Wildman–Crippen MR) is 92.7 cm³/mol. The van der Waals surface area contributed by atoms with Gasteiger partial charge < -0.3 is 20.1 Å². The molecule has 0 saturated carbocycles. The zero-order chi connectivity index (χ0) is 18.5. The Kier molecular flexibility index (Phi) is 5.36. The van der Waals surface area contributed by atoms with Crippen LogP contribution >= 0.6 is 0 Å². The number of fused-ring (bicyclic) bond motifs is 1. The molecule has 0 saturated heterocycles. The summed E-state index contributed by atoms with van der Waals surface area (Å²) in [5.41, 5.74) is 1.16. The molecule has 1 heterocycles. The van der Waals surface area contributed by atoms with Crippen LogP contribution < -0.4 is 20.1 Å². The fraction of sp³-hybridized carbons (Fsp3) is 0.263. The van der Waals surface area contributed by atoms with Gasteiger partial charge in [-0.3, -0.25) is 9.59 Å². The first-order valence-corrected chi connectivity index (χ1v) is 8.25. The zero-order valence-corrected chi connectivity index (χ0v) is 14.3. The van der Waals surface area contributed by atoms with Gasteiger partial charge in [-0.15, -0.1) is 0 Å². The molecule has 0 bridgehead atoms. The summed E-state index contributed by atoms with van der Waals surface area (Å²) >= 11 is 0. The number of hydrogen-bond acceptors (Lipinski definition) is 4. The van der Waals surface area contributed by atoms with E-state index in [0.29, 0.717) is 30.3 Å². The van der Waals surface area contributed by atoms with E-state index in [1.807, 2.05) is 25.1 Å². The van der Waals surface area contributed by atoms with E-state index in [1.54, 1.807) is 0 Å². The van der Waals surface area contributed by atoms with Crippen LogP contribution in [-0.4, -0.2) is 31.6 Å². The molecule has 2 amide bonds. The Labute approximate surface area is 150 Å². The van der Waals surface area contributed by atoms with Gasteiger partial charge in [0.25, 0.3) is 5.91 Å². The second-order valence-electron chi connectivity index (χ2n) is 5.88. The van der Waals surface area contributed by atoms with Crippen molar-refractivity contribution >= 4 is 11.8 Å². The van der Waals surface area contributed by atoms with E-state index < -0.39 is 11.7 Å². The van der Waals surface area contributed by atoms with Crippen LogP contribution in [0.2, 0.25) is 0 Å². The Bertz CT molecular complexity index is 808. The number of nitrogens with one attached hydrogen (secondary N) is 2. The first-order valence-electron chi connectivity index (χ1n) is 8.25. The molecular formula is C19H19FN2O4. The highest BCUT2D eigenvalue weighted by atomic mass is 19.1. The van der Waals surface area contributed by atoms with Crippen molar-refractivity contribution in [1.29, 1.82) is 0 Å². The molecule has 1 atom stereocenters. The zero-order valence-electron chi connectivity index (χ0n) is 14.3. The van der Waals surface area contributed by atoms with E-state index in [4.69, 9.17) is 9.47 Å². The van der Waals surface area contributed by atoms with Crippen molar-refractivity contribution in [3.63, 3.8) is 0 Å². The lowest BCUT2D eigenvalue weighted by Gasteiger charge is -2.21. The van der Waals surface area contributed by atoms with Crippen LogP contribution in [0.4, 0.5) is 4.39 Å². The van der Waals surface area contributed by atoms with Gasteiger partial charge in [-0.25, -0.2) is 4.39 Å². The Morgan fingerprint density at radius 1 is 1.08 bits per heavy atom. The molecule has 0 spiro atoms. The third kappa shape index (κ3) is 4.30. The smallest absolute Gasteiger partial charge is 0.251 e. The Morgan fingerprint density at radius 3 is 2.50 bits per heavy atom. The molecule has 136 valence electrons. The second-order valence-corrected chi connectivity index (χ2v) is 5.88. The topological polar surface area (TPSA) is 76.7 Å². The Balaban J connectivity index is 1.52. The van der Waals surface area contributed by atoms with Gasteiger partial charge in [-0.05, 0) is 48.9 Å². The summed E-state index contributed by atoms with van der Waals surface area (Å²) < 4.78 is 23.9. The van der Waals surface area contributed by atoms with E-state index in [2.05, 4.69) is 10.6 Å². The van der Waals surface area contributed by atoms with Crippen molar-refractivity contribution in [3.8, 4) is 11.5 Å². The fourth-order valence-corrected chi connectivity index (χ4v) is 2.57. The van der Waals surface area contributed by atoms with Crippen LogP contribution in [0.15, 0.2) is 42.5 Å². The molecule has 2 N–H and O–H groups in total. The van der Waals surface area contributed by atoms with Gasteiger partial charge in [0.1, 0.15) is 19.0 Å². The summed E-state index contributed by atoms with van der Waals surface area (Å²) in [5.74, 6) is 0.145. The van der Waals surface area contributed by atoms with E-state index in [0.717, 1.165) is 5.56 Å². The Hall–Kier alpha value is -3.09. The van der Waals surface area contributed by atoms with Gasteiger partial charge in [-0.2, -0.15) is 0 Å². The number of halogens is 1. The first kappa shape index (κ1) is 17.7. The maximum atomic E-state index is 12.9. The van der Waals surface area contributed by atoms with Crippen molar-refractivity contribution < 1.29 is 23.5 Å².